The molecule has 4 rings (SSSR count). The van der Waals surface area contributed by atoms with Crippen LogP contribution < -0.4 is 4.90 Å². The molecule has 158 valence electrons. The molecule has 3 aromatic rings. The number of amides is 1. The second-order valence-corrected chi connectivity index (χ2v) is 8.49. The van der Waals surface area contributed by atoms with Crippen LogP contribution in [0.2, 0.25) is 5.02 Å². The van der Waals surface area contributed by atoms with Crippen molar-refractivity contribution < 1.29 is 4.79 Å². The molecule has 1 amide bonds. The predicted octanol–water partition coefficient (Wildman–Crippen LogP) is 5.57. The first-order chi connectivity index (χ1) is 15.0. The van der Waals surface area contributed by atoms with Crippen molar-refractivity contribution in [1.29, 1.82) is 0 Å². The maximum Gasteiger partial charge on any atom is 0.259 e. The van der Waals surface area contributed by atoms with E-state index in [9.17, 15) is 4.79 Å². The molecule has 2 aromatic carbocycles. The van der Waals surface area contributed by atoms with Crippen molar-refractivity contribution >= 4 is 29.3 Å². The molecule has 5 heteroatoms. The zero-order valence-electron chi connectivity index (χ0n) is 17.9. The van der Waals surface area contributed by atoms with E-state index in [0.717, 1.165) is 42.9 Å². The van der Waals surface area contributed by atoms with Gasteiger partial charge in [0.2, 0.25) is 0 Å². The number of carbonyl (C=O) groups excluding carboxylic acids is 1. The Morgan fingerprint density at radius 1 is 1.13 bits per heavy atom. The number of rotatable bonds is 5. The number of halogens is 1. The Kier molecular flexibility index (Phi) is 6.50. The summed E-state index contributed by atoms with van der Waals surface area (Å²) in [6.07, 6.45) is 7.91. The van der Waals surface area contributed by atoms with E-state index in [1.165, 1.54) is 11.1 Å². The number of anilines is 1. The molecule has 0 N–H and O–H groups in total. The lowest BCUT2D eigenvalue weighted by Gasteiger charge is -2.30. The summed E-state index contributed by atoms with van der Waals surface area (Å²) in [7, 11) is 4.11. The van der Waals surface area contributed by atoms with E-state index in [0.29, 0.717) is 10.6 Å². The van der Waals surface area contributed by atoms with Gasteiger partial charge in [-0.3, -0.25) is 9.78 Å². The van der Waals surface area contributed by atoms with Gasteiger partial charge in [0.05, 0.1) is 11.3 Å². The summed E-state index contributed by atoms with van der Waals surface area (Å²) in [5.74, 6) is -0.00740. The summed E-state index contributed by atoms with van der Waals surface area (Å²) in [5.41, 5.74) is 5.78. The minimum atomic E-state index is -0.00740. The fraction of sp³-hybridized carbons (Fsp3) is 0.231. The molecule has 2 heterocycles. The van der Waals surface area contributed by atoms with Crippen LogP contribution in [0.5, 0.6) is 0 Å². The van der Waals surface area contributed by atoms with Crippen molar-refractivity contribution in [2.75, 3.05) is 32.1 Å². The van der Waals surface area contributed by atoms with Gasteiger partial charge in [-0.1, -0.05) is 42.0 Å². The lowest BCUT2D eigenvalue weighted by molar-refractivity contribution is 0.0985. The van der Waals surface area contributed by atoms with E-state index in [4.69, 9.17) is 11.6 Å². The van der Waals surface area contributed by atoms with Crippen molar-refractivity contribution in [1.82, 2.24) is 9.88 Å². The molecule has 0 atom stereocenters. The minimum Gasteiger partial charge on any atom is -0.308 e. The van der Waals surface area contributed by atoms with Crippen LogP contribution in [0.4, 0.5) is 5.69 Å². The van der Waals surface area contributed by atoms with Crippen molar-refractivity contribution in [3.05, 3.63) is 88.6 Å². The topological polar surface area (TPSA) is 36.4 Å². The van der Waals surface area contributed by atoms with Gasteiger partial charge in [-0.05, 0) is 74.5 Å². The molecule has 0 spiro atoms. The van der Waals surface area contributed by atoms with Gasteiger partial charge in [0, 0.05) is 35.6 Å². The van der Waals surface area contributed by atoms with Crippen LogP contribution in [-0.2, 0) is 6.42 Å². The SMILES string of the molecule is CN(C)CC=Cc1ccc2c(c1)CCCN2C(=O)c1ccc(-c2ccc(Cl)cc2)nc1. The smallest absolute Gasteiger partial charge is 0.259 e. The van der Waals surface area contributed by atoms with E-state index >= 15 is 0 Å². The van der Waals surface area contributed by atoms with Crippen LogP contribution >= 0.6 is 11.6 Å². The molecule has 0 fully saturated rings. The van der Waals surface area contributed by atoms with E-state index in [1.54, 1.807) is 6.20 Å². The third kappa shape index (κ3) is 5.04. The first-order valence-corrected chi connectivity index (χ1v) is 10.9. The molecule has 0 bridgehead atoms. The number of hydrogen-bond donors (Lipinski definition) is 0. The van der Waals surface area contributed by atoms with Gasteiger partial charge in [-0.25, -0.2) is 0 Å². The van der Waals surface area contributed by atoms with Gasteiger partial charge in [-0.2, -0.15) is 0 Å². The second kappa shape index (κ2) is 9.46. The summed E-state index contributed by atoms with van der Waals surface area (Å²) in [4.78, 5) is 21.8. The monoisotopic (exact) mass is 431 g/mol. The Hall–Kier alpha value is -2.95. The normalized spacial score (nSPS) is 13.6. The number of carbonyl (C=O) groups is 1. The highest BCUT2D eigenvalue weighted by molar-refractivity contribution is 6.30. The maximum absolute atomic E-state index is 13.2. The lowest BCUT2D eigenvalue weighted by Crippen LogP contribution is -2.35. The summed E-state index contributed by atoms with van der Waals surface area (Å²) < 4.78 is 0. The molecular formula is C26H26ClN3O. The molecule has 4 nitrogen and oxygen atoms in total. The average Bonchev–Trinajstić information content (AvgIpc) is 2.78. The van der Waals surface area contributed by atoms with E-state index in [-0.39, 0.29) is 5.91 Å². The first kappa shape index (κ1) is 21.3. The van der Waals surface area contributed by atoms with Crippen molar-refractivity contribution in [2.45, 2.75) is 12.8 Å². The Balaban J connectivity index is 1.53. The molecule has 0 radical (unpaired) electrons. The van der Waals surface area contributed by atoms with Gasteiger partial charge in [0.1, 0.15) is 0 Å². The Labute approximate surface area is 188 Å². The van der Waals surface area contributed by atoms with E-state index < -0.39 is 0 Å². The first-order valence-electron chi connectivity index (χ1n) is 10.5. The largest absolute Gasteiger partial charge is 0.308 e. The Bertz CT molecular complexity index is 1090. The Morgan fingerprint density at radius 2 is 1.94 bits per heavy atom. The number of likely N-dealkylation sites (N-methyl/N-ethyl adjacent to an activating group) is 1. The van der Waals surface area contributed by atoms with Crippen LogP contribution in [0.15, 0.2) is 66.9 Å². The zero-order chi connectivity index (χ0) is 21.8. The quantitative estimate of drug-likeness (QED) is 0.529. The average molecular weight is 432 g/mol. The highest BCUT2D eigenvalue weighted by atomic mass is 35.5. The van der Waals surface area contributed by atoms with Crippen LogP contribution in [0.1, 0.15) is 27.9 Å². The van der Waals surface area contributed by atoms with Crippen molar-refractivity contribution in [2.24, 2.45) is 0 Å². The number of fused-ring (bicyclic) bond motifs is 1. The van der Waals surface area contributed by atoms with Crippen molar-refractivity contribution in [3.8, 4) is 11.3 Å². The molecule has 0 unspecified atom stereocenters. The van der Waals surface area contributed by atoms with Crippen molar-refractivity contribution in [3.63, 3.8) is 0 Å². The number of benzene rings is 2. The van der Waals surface area contributed by atoms with Gasteiger partial charge >= 0.3 is 0 Å². The lowest BCUT2D eigenvalue weighted by atomic mass is 9.98. The van der Waals surface area contributed by atoms with Crippen LogP contribution in [0.25, 0.3) is 17.3 Å². The molecule has 1 aromatic heterocycles. The van der Waals surface area contributed by atoms with Gasteiger partial charge in [0.15, 0.2) is 0 Å². The standard InChI is InChI=1S/C26H26ClN3O/c1-29(2)15-3-5-19-7-14-25-21(17-19)6-4-16-30(25)26(31)22-10-13-24(28-18-22)20-8-11-23(27)12-9-20/h3,5,7-14,17-18H,4,6,15-16H2,1-2H3. The predicted molar refractivity (Wildman–Crippen MR) is 129 cm³/mol. The van der Waals surface area contributed by atoms with Gasteiger partial charge in [-0.15, -0.1) is 0 Å². The van der Waals surface area contributed by atoms with E-state index in [2.05, 4.69) is 54.3 Å². The third-order valence-corrected chi connectivity index (χ3v) is 5.65. The van der Waals surface area contributed by atoms with Crippen LogP contribution in [0, 0.1) is 0 Å². The zero-order valence-corrected chi connectivity index (χ0v) is 18.6. The molecule has 0 saturated heterocycles. The number of nitrogens with zero attached hydrogens (tertiary/aromatic N) is 3. The van der Waals surface area contributed by atoms with Gasteiger partial charge in [0.25, 0.3) is 5.91 Å². The molecule has 31 heavy (non-hydrogen) atoms. The second-order valence-electron chi connectivity index (χ2n) is 8.05. The summed E-state index contributed by atoms with van der Waals surface area (Å²) in [5, 5.41) is 0.690. The molecular weight excluding hydrogens is 406 g/mol. The number of aryl methyl sites for hydroxylation is 1. The Morgan fingerprint density at radius 3 is 2.65 bits per heavy atom. The number of pyridine rings is 1. The highest BCUT2D eigenvalue weighted by Gasteiger charge is 2.24. The molecule has 0 saturated carbocycles. The van der Waals surface area contributed by atoms with Crippen LogP contribution in [-0.4, -0.2) is 43.0 Å². The summed E-state index contributed by atoms with van der Waals surface area (Å²) >= 11 is 5.96. The summed E-state index contributed by atoms with van der Waals surface area (Å²) in [6, 6.07) is 17.6. The summed E-state index contributed by atoms with van der Waals surface area (Å²) in [6.45, 7) is 1.63. The van der Waals surface area contributed by atoms with Gasteiger partial charge < -0.3 is 9.80 Å². The maximum atomic E-state index is 13.2. The molecule has 0 aliphatic carbocycles. The third-order valence-electron chi connectivity index (χ3n) is 5.40. The highest BCUT2D eigenvalue weighted by Crippen LogP contribution is 2.30. The van der Waals surface area contributed by atoms with E-state index in [1.807, 2.05) is 41.3 Å². The molecule has 1 aliphatic heterocycles. The fourth-order valence-corrected chi connectivity index (χ4v) is 3.92. The number of hydrogen-bond acceptors (Lipinski definition) is 3. The van der Waals surface area contributed by atoms with Crippen LogP contribution in [0.3, 0.4) is 0 Å². The fourth-order valence-electron chi connectivity index (χ4n) is 3.80. The number of aromatic nitrogens is 1. The minimum absolute atomic E-state index is 0.00740. The molecule has 1 aliphatic rings.